The summed E-state index contributed by atoms with van der Waals surface area (Å²) in [4.78, 5) is 24.4. The molecule has 0 N–H and O–H groups in total. The number of thiazole rings is 1. The molecule has 1 aromatic carbocycles. The van der Waals surface area contributed by atoms with Crippen molar-refractivity contribution in [2.75, 3.05) is 26.3 Å². The lowest BCUT2D eigenvalue weighted by molar-refractivity contribution is -0.153. The van der Waals surface area contributed by atoms with Gasteiger partial charge in [-0.1, -0.05) is 17.4 Å². The van der Waals surface area contributed by atoms with Crippen molar-refractivity contribution in [2.45, 2.75) is 44.5 Å². The van der Waals surface area contributed by atoms with Gasteiger partial charge in [0.2, 0.25) is 0 Å². The van der Waals surface area contributed by atoms with E-state index in [0.29, 0.717) is 18.7 Å². The second-order valence-electron chi connectivity index (χ2n) is 9.49. The van der Waals surface area contributed by atoms with Crippen LogP contribution in [0, 0.1) is 5.92 Å². The van der Waals surface area contributed by atoms with Gasteiger partial charge in [0, 0.05) is 55.3 Å². The van der Waals surface area contributed by atoms with Crippen molar-refractivity contribution in [3.05, 3.63) is 40.5 Å². The number of rotatable bonds is 7. The lowest BCUT2D eigenvalue weighted by Crippen LogP contribution is -2.35. The van der Waals surface area contributed by atoms with Crippen molar-refractivity contribution in [1.82, 2.24) is 19.7 Å². The number of alkyl halides is 3. The Morgan fingerprint density at radius 1 is 1.35 bits per heavy atom. The molecule has 37 heavy (non-hydrogen) atoms. The molecule has 2 aliphatic rings. The molecule has 3 aromatic rings. The van der Waals surface area contributed by atoms with Crippen LogP contribution in [0.5, 0.6) is 5.19 Å². The Bertz CT molecular complexity index is 1280. The number of amides is 1. The van der Waals surface area contributed by atoms with Crippen molar-refractivity contribution in [2.24, 2.45) is 18.0 Å². The maximum atomic E-state index is 12.7. The zero-order valence-electron chi connectivity index (χ0n) is 20.4. The molecule has 8 nitrogen and oxygen atoms in total. The molecule has 0 spiro atoms. The Hall–Kier alpha value is -2.83. The first kappa shape index (κ1) is 25.8. The van der Waals surface area contributed by atoms with Crippen molar-refractivity contribution in [3.63, 3.8) is 0 Å². The predicted molar refractivity (Wildman–Crippen MR) is 133 cm³/mol. The summed E-state index contributed by atoms with van der Waals surface area (Å²) in [6.45, 7) is 1.47. The number of hydrogen-bond acceptors (Lipinski definition) is 7. The van der Waals surface area contributed by atoms with E-state index >= 15 is 0 Å². The minimum atomic E-state index is -4.37. The van der Waals surface area contributed by atoms with Crippen LogP contribution in [-0.4, -0.2) is 70.4 Å². The largest absolute Gasteiger partial charge is 0.460 e. The molecule has 12 heteroatoms. The first-order valence-corrected chi connectivity index (χ1v) is 13.1. The van der Waals surface area contributed by atoms with Crippen molar-refractivity contribution < 1.29 is 27.4 Å². The summed E-state index contributed by atoms with van der Waals surface area (Å²) in [5.74, 6) is -0.185. The molecule has 1 amide bonds. The smallest absolute Gasteiger partial charge is 0.422 e. The highest BCUT2D eigenvalue weighted by Gasteiger charge is 2.30. The monoisotopic (exact) mass is 535 g/mol. The number of nitrogens with zero attached hydrogens (tertiary/aromatic N) is 5. The molecule has 2 atom stereocenters. The number of halogens is 3. The van der Waals surface area contributed by atoms with Crippen LogP contribution in [-0.2, 0) is 24.8 Å². The van der Waals surface area contributed by atoms with Gasteiger partial charge in [0.25, 0.3) is 11.1 Å². The third-order valence-electron chi connectivity index (χ3n) is 6.62. The number of aromatic nitrogens is 3. The Balaban J connectivity index is 1.06. The quantitative estimate of drug-likeness (QED) is 0.417. The minimum Gasteiger partial charge on any atom is -0.460 e. The third-order valence-corrected chi connectivity index (χ3v) is 7.69. The first-order valence-electron chi connectivity index (χ1n) is 12.3. The lowest BCUT2D eigenvalue weighted by atomic mass is 9.97. The van der Waals surface area contributed by atoms with Gasteiger partial charge in [-0.15, -0.1) is 0 Å². The van der Waals surface area contributed by atoms with Crippen molar-refractivity contribution >= 4 is 34.4 Å². The molecule has 0 saturated carbocycles. The van der Waals surface area contributed by atoms with Crippen LogP contribution in [0.4, 0.5) is 13.2 Å². The zero-order chi connectivity index (χ0) is 26.0. The fourth-order valence-electron chi connectivity index (χ4n) is 4.71. The van der Waals surface area contributed by atoms with E-state index in [1.54, 1.807) is 17.0 Å². The molecule has 5 rings (SSSR count). The van der Waals surface area contributed by atoms with E-state index in [0.717, 1.165) is 60.2 Å². The number of benzene rings is 1. The summed E-state index contributed by atoms with van der Waals surface area (Å²) in [7, 11) is 1.82. The molecule has 0 aliphatic carbocycles. The van der Waals surface area contributed by atoms with E-state index in [1.165, 1.54) is 11.3 Å². The summed E-state index contributed by atoms with van der Waals surface area (Å²) in [6.07, 6.45) is 2.70. The minimum absolute atomic E-state index is 0.0862. The van der Waals surface area contributed by atoms with Gasteiger partial charge in [0.05, 0.1) is 29.5 Å². The number of fused-ring (bicyclic) bond motifs is 2. The molecule has 1 unspecified atom stereocenters. The van der Waals surface area contributed by atoms with E-state index in [-0.39, 0.29) is 23.1 Å². The molecular weight excluding hydrogens is 507 g/mol. The fourth-order valence-corrected chi connectivity index (χ4v) is 5.62. The van der Waals surface area contributed by atoms with Crippen LogP contribution in [0.15, 0.2) is 29.4 Å². The van der Waals surface area contributed by atoms with Gasteiger partial charge >= 0.3 is 6.18 Å². The van der Waals surface area contributed by atoms with Gasteiger partial charge < -0.3 is 9.47 Å². The molecule has 1 fully saturated rings. The maximum Gasteiger partial charge on any atom is 0.422 e. The molecule has 2 aliphatic heterocycles. The number of aryl methyl sites for hydroxylation is 1. The Morgan fingerprint density at radius 2 is 2.22 bits per heavy atom. The second-order valence-corrected chi connectivity index (χ2v) is 10.5. The van der Waals surface area contributed by atoms with Crippen LogP contribution < -0.4 is 4.74 Å². The van der Waals surface area contributed by atoms with Crippen LogP contribution in [0.2, 0.25) is 0 Å². The Labute approximate surface area is 216 Å². The fraction of sp³-hybridized carbons (Fsp3) is 0.520. The van der Waals surface area contributed by atoms with Crippen molar-refractivity contribution in [3.8, 4) is 5.19 Å². The van der Waals surface area contributed by atoms with Crippen LogP contribution in [0.25, 0.3) is 10.9 Å². The SMILES string of the molecule is Cn1cc2c(C(=O)N=CC3CC[C@H](CCN4CCc5sc(OCC(F)(F)F)nc5C4)OC3)cccc2n1. The molecule has 4 heterocycles. The summed E-state index contributed by atoms with van der Waals surface area (Å²) in [5, 5.41) is 5.21. The highest BCUT2D eigenvalue weighted by Crippen LogP contribution is 2.31. The average Bonchev–Trinajstić information content (AvgIpc) is 3.46. The van der Waals surface area contributed by atoms with Crippen molar-refractivity contribution in [1.29, 1.82) is 0 Å². The number of carbonyl (C=O) groups excluding carboxylic acids is 1. The van der Waals surface area contributed by atoms with Gasteiger partial charge in [-0.05, 0) is 37.8 Å². The Morgan fingerprint density at radius 3 is 3.00 bits per heavy atom. The molecule has 0 bridgehead atoms. The summed E-state index contributed by atoms with van der Waals surface area (Å²) >= 11 is 1.21. The van der Waals surface area contributed by atoms with Gasteiger partial charge in [-0.3, -0.25) is 14.4 Å². The van der Waals surface area contributed by atoms with Gasteiger partial charge in [-0.2, -0.15) is 18.3 Å². The maximum absolute atomic E-state index is 12.7. The number of aliphatic imine (C=N–C) groups is 1. The van der Waals surface area contributed by atoms with Gasteiger partial charge in [0.15, 0.2) is 6.61 Å². The Kier molecular flexibility index (Phi) is 7.59. The zero-order valence-corrected chi connectivity index (χ0v) is 21.2. The van der Waals surface area contributed by atoms with Crippen LogP contribution in [0.1, 0.15) is 40.2 Å². The highest BCUT2D eigenvalue weighted by molar-refractivity contribution is 7.13. The van der Waals surface area contributed by atoms with E-state index < -0.39 is 12.8 Å². The molecular formula is C25H28F3N5O3S. The van der Waals surface area contributed by atoms with Crippen LogP contribution in [0.3, 0.4) is 0 Å². The number of hydrogen-bond donors (Lipinski definition) is 0. The summed E-state index contributed by atoms with van der Waals surface area (Å²) < 4.78 is 49.7. The molecule has 198 valence electrons. The standard InChI is InChI=1S/C25H28F3N5O3S/c1-32-12-19-18(3-2-4-20(19)31-32)23(34)29-11-16-5-6-17(35-14-16)7-9-33-10-8-22-21(13-33)30-24(37-22)36-15-25(26,27)28/h2-4,11-12,16-17H,5-10,13-15H2,1H3/t16?,17-/m1/s1. The van der Waals surface area contributed by atoms with Gasteiger partial charge in [0.1, 0.15) is 0 Å². The normalized spacial score (nSPS) is 21.0. The number of ether oxygens (including phenoxy) is 2. The van der Waals surface area contributed by atoms with E-state index in [9.17, 15) is 18.0 Å². The summed E-state index contributed by atoms with van der Waals surface area (Å²) in [5.41, 5.74) is 2.11. The number of carbonyl (C=O) groups is 1. The van der Waals surface area contributed by atoms with E-state index in [1.807, 2.05) is 25.4 Å². The topological polar surface area (TPSA) is 81.8 Å². The lowest BCUT2D eigenvalue weighted by Gasteiger charge is -2.30. The third kappa shape index (κ3) is 6.55. The van der Waals surface area contributed by atoms with Crippen LogP contribution >= 0.6 is 11.3 Å². The molecule has 1 saturated heterocycles. The second kappa shape index (κ2) is 10.9. The first-order chi connectivity index (χ1) is 17.7. The predicted octanol–water partition coefficient (Wildman–Crippen LogP) is 4.43. The van der Waals surface area contributed by atoms with E-state index in [2.05, 4.69) is 20.0 Å². The van der Waals surface area contributed by atoms with E-state index in [4.69, 9.17) is 9.47 Å². The highest BCUT2D eigenvalue weighted by atomic mass is 32.1. The molecule has 2 aromatic heterocycles. The average molecular weight is 536 g/mol. The summed E-state index contributed by atoms with van der Waals surface area (Å²) in [6, 6.07) is 5.45. The molecule has 0 radical (unpaired) electrons. The van der Waals surface area contributed by atoms with Gasteiger partial charge in [-0.25, -0.2) is 9.98 Å².